The maximum Gasteiger partial charge on any atom is 0.309 e. The summed E-state index contributed by atoms with van der Waals surface area (Å²) in [5.74, 6) is -1.62. The number of fused-ring (bicyclic) bond motifs is 1. The minimum atomic E-state index is -1.01. The molecule has 0 amide bonds. The van der Waals surface area contributed by atoms with Crippen LogP contribution in [0.2, 0.25) is 0 Å². The monoisotopic (exact) mass is 330 g/mol. The molecule has 0 aliphatic rings. The standard InChI is InChI=1S/C19H22O5/c1-4-16(17(11-18(20)21)19(22)24-3)14-6-5-13-10-15(23-2)8-7-12(13)9-14/h5-10,16-17H,4,11H2,1-3H3,(H,20,21)/t16-,17+/m0/s1. The highest BCUT2D eigenvalue weighted by Gasteiger charge is 2.31. The zero-order chi connectivity index (χ0) is 17.7. The molecule has 0 aliphatic heterocycles. The molecular formula is C19H22O5. The summed E-state index contributed by atoms with van der Waals surface area (Å²) in [4.78, 5) is 23.2. The third-order valence-electron chi connectivity index (χ3n) is 4.32. The first-order valence-corrected chi connectivity index (χ1v) is 7.87. The fourth-order valence-electron chi connectivity index (χ4n) is 3.08. The minimum absolute atomic E-state index is 0.208. The molecule has 0 unspecified atom stereocenters. The van der Waals surface area contributed by atoms with E-state index >= 15 is 0 Å². The summed E-state index contributed by atoms with van der Waals surface area (Å²) in [5, 5.41) is 11.2. The van der Waals surface area contributed by atoms with Crippen molar-refractivity contribution in [2.45, 2.75) is 25.7 Å². The van der Waals surface area contributed by atoms with E-state index < -0.39 is 17.9 Å². The molecule has 0 saturated heterocycles. The Labute approximate surface area is 141 Å². The van der Waals surface area contributed by atoms with E-state index in [1.807, 2.05) is 43.3 Å². The van der Waals surface area contributed by atoms with Crippen molar-refractivity contribution in [3.8, 4) is 5.75 Å². The Morgan fingerprint density at radius 3 is 2.33 bits per heavy atom. The number of ether oxygens (including phenoxy) is 2. The quantitative estimate of drug-likeness (QED) is 0.785. The molecule has 5 nitrogen and oxygen atoms in total. The van der Waals surface area contributed by atoms with E-state index in [1.165, 1.54) is 7.11 Å². The first-order valence-electron chi connectivity index (χ1n) is 7.87. The average Bonchev–Trinajstić information content (AvgIpc) is 2.59. The van der Waals surface area contributed by atoms with Gasteiger partial charge in [-0.15, -0.1) is 0 Å². The molecule has 1 N–H and O–H groups in total. The van der Waals surface area contributed by atoms with Crippen molar-refractivity contribution in [1.82, 2.24) is 0 Å². The van der Waals surface area contributed by atoms with Crippen molar-refractivity contribution in [2.75, 3.05) is 14.2 Å². The van der Waals surface area contributed by atoms with E-state index in [-0.39, 0.29) is 12.3 Å². The summed E-state index contributed by atoms with van der Waals surface area (Å²) in [6.07, 6.45) is 0.403. The number of rotatable bonds is 7. The van der Waals surface area contributed by atoms with Gasteiger partial charge in [-0.05, 0) is 40.8 Å². The van der Waals surface area contributed by atoms with Gasteiger partial charge in [0.15, 0.2) is 0 Å². The van der Waals surface area contributed by atoms with E-state index in [4.69, 9.17) is 14.6 Å². The lowest BCUT2D eigenvalue weighted by atomic mass is 9.81. The molecule has 0 spiro atoms. The van der Waals surface area contributed by atoms with Gasteiger partial charge in [0, 0.05) is 0 Å². The number of esters is 1. The maximum absolute atomic E-state index is 12.1. The largest absolute Gasteiger partial charge is 0.497 e. The van der Waals surface area contributed by atoms with Crippen molar-refractivity contribution >= 4 is 22.7 Å². The molecule has 0 saturated carbocycles. The molecule has 0 bridgehead atoms. The van der Waals surface area contributed by atoms with Gasteiger partial charge in [-0.1, -0.05) is 31.2 Å². The minimum Gasteiger partial charge on any atom is -0.497 e. The first-order chi connectivity index (χ1) is 11.5. The smallest absolute Gasteiger partial charge is 0.309 e. The third-order valence-corrected chi connectivity index (χ3v) is 4.32. The fourth-order valence-corrected chi connectivity index (χ4v) is 3.08. The SMILES string of the molecule is CC[C@@H](c1ccc2cc(OC)ccc2c1)[C@@H](CC(=O)O)C(=O)OC. The Morgan fingerprint density at radius 2 is 1.75 bits per heavy atom. The van der Waals surface area contributed by atoms with Gasteiger partial charge in [0.05, 0.1) is 26.6 Å². The zero-order valence-corrected chi connectivity index (χ0v) is 14.1. The lowest BCUT2D eigenvalue weighted by molar-refractivity contribution is -0.151. The van der Waals surface area contributed by atoms with Crippen molar-refractivity contribution < 1.29 is 24.2 Å². The number of carbonyl (C=O) groups excluding carboxylic acids is 1. The highest BCUT2D eigenvalue weighted by molar-refractivity contribution is 5.85. The fraction of sp³-hybridized carbons (Fsp3) is 0.368. The summed E-state index contributed by atoms with van der Waals surface area (Å²) in [6.45, 7) is 1.95. The third kappa shape index (κ3) is 3.85. The summed E-state index contributed by atoms with van der Waals surface area (Å²) in [6, 6.07) is 11.7. The first kappa shape index (κ1) is 17.8. The summed E-state index contributed by atoms with van der Waals surface area (Å²) in [7, 11) is 2.91. The molecule has 0 fully saturated rings. The van der Waals surface area contributed by atoms with Crippen molar-refractivity contribution in [2.24, 2.45) is 5.92 Å². The normalized spacial score (nSPS) is 13.3. The molecule has 2 atom stereocenters. The van der Waals surface area contributed by atoms with Crippen LogP contribution >= 0.6 is 0 Å². The highest BCUT2D eigenvalue weighted by Crippen LogP contribution is 2.34. The second kappa shape index (κ2) is 7.81. The van der Waals surface area contributed by atoms with Gasteiger partial charge in [-0.3, -0.25) is 9.59 Å². The molecule has 2 aromatic carbocycles. The Hall–Kier alpha value is -2.56. The highest BCUT2D eigenvalue weighted by atomic mass is 16.5. The van der Waals surface area contributed by atoms with Crippen LogP contribution in [0.25, 0.3) is 10.8 Å². The number of benzene rings is 2. The number of aliphatic carboxylic acids is 1. The summed E-state index contributed by atoms with van der Waals surface area (Å²) < 4.78 is 10.0. The molecule has 0 radical (unpaired) electrons. The predicted octanol–water partition coefficient (Wildman–Crippen LogP) is 3.61. The number of carbonyl (C=O) groups is 2. The zero-order valence-electron chi connectivity index (χ0n) is 14.1. The Balaban J connectivity index is 2.42. The van der Waals surface area contributed by atoms with E-state index in [2.05, 4.69) is 0 Å². The van der Waals surface area contributed by atoms with Crippen molar-refractivity contribution in [3.63, 3.8) is 0 Å². The number of carboxylic acids is 1. The second-order valence-corrected chi connectivity index (χ2v) is 5.71. The topological polar surface area (TPSA) is 72.8 Å². The van der Waals surface area contributed by atoms with Gasteiger partial charge >= 0.3 is 11.9 Å². The molecule has 2 aromatic rings. The van der Waals surface area contributed by atoms with Crippen LogP contribution in [0.15, 0.2) is 36.4 Å². The van der Waals surface area contributed by atoms with Crippen LogP contribution in [0.3, 0.4) is 0 Å². The van der Waals surface area contributed by atoms with E-state index in [1.54, 1.807) is 7.11 Å². The van der Waals surface area contributed by atoms with Gasteiger partial charge < -0.3 is 14.6 Å². The van der Waals surface area contributed by atoms with Gasteiger partial charge in [-0.2, -0.15) is 0 Å². The van der Waals surface area contributed by atoms with Crippen LogP contribution in [0, 0.1) is 5.92 Å². The van der Waals surface area contributed by atoms with Crippen LogP contribution < -0.4 is 4.74 Å². The Kier molecular flexibility index (Phi) is 5.79. The van der Waals surface area contributed by atoms with Gasteiger partial charge in [-0.25, -0.2) is 0 Å². The van der Waals surface area contributed by atoms with E-state index in [0.717, 1.165) is 22.1 Å². The van der Waals surface area contributed by atoms with Gasteiger partial charge in [0.2, 0.25) is 0 Å². The molecule has 2 rings (SSSR count). The average molecular weight is 330 g/mol. The van der Waals surface area contributed by atoms with Gasteiger partial charge in [0.25, 0.3) is 0 Å². The van der Waals surface area contributed by atoms with E-state index in [9.17, 15) is 9.59 Å². The number of hydrogen-bond acceptors (Lipinski definition) is 4. The lowest BCUT2D eigenvalue weighted by Crippen LogP contribution is -2.26. The summed E-state index contributed by atoms with van der Waals surface area (Å²) in [5.41, 5.74) is 0.937. The van der Waals surface area contributed by atoms with Crippen LogP contribution in [-0.2, 0) is 14.3 Å². The van der Waals surface area contributed by atoms with E-state index in [0.29, 0.717) is 6.42 Å². The van der Waals surface area contributed by atoms with Crippen LogP contribution in [0.5, 0.6) is 5.75 Å². The molecule has 0 aromatic heterocycles. The van der Waals surface area contributed by atoms with Crippen LogP contribution in [0.4, 0.5) is 0 Å². The number of hydrogen-bond donors (Lipinski definition) is 1. The maximum atomic E-state index is 12.1. The van der Waals surface area contributed by atoms with Crippen LogP contribution in [-0.4, -0.2) is 31.3 Å². The molecular weight excluding hydrogens is 308 g/mol. The number of methoxy groups -OCH3 is 2. The van der Waals surface area contributed by atoms with Gasteiger partial charge in [0.1, 0.15) is 5.75 Å². The molecule has 128 valence electrons. The van der Waals surface area contributed by atoms with Crippen molar-refractivity contribution in [3.05, 3.63) is 42.0 Å². The Bertz CT molecular complexity index is 738. The van der Waals surface area contributed by atoms with Crippen molar-refractivity contribution in [1.29, 1.82) is 0 Å². The van der Waals surface area contributed by atoms with Crippen LogP contribution in [0.1, 0.15) is 31.2 Å². The molecule has 0 heterocycles. The molecule has 24 heavy (non-hydrogen) atoms. The summed E-state index contributed by atoms with van der Waals surface area (Å²) >= 11 is 0. The predicted molar refractivity (Wildman–Crippen MR) is 91.3 cm³/mol. The molecule has 5 heteroatoms. The lowest BCUT2D eigenvalue weighted by Gasteiger charge is -2.23. The Morgan fingerprint density at radius 1 is 1.08 bits per heavy atom. The molecule has 0 aliphatic carbocycles. The second-order valence-electron chi connectivity index (χ2n) is 5.71. The number of carboxylic acid groups (broad SMARTS) is 1.